The van der Waals surface area contributed by atoms with Crippen molar-refractivity contribution in [3.63, 3.8) is 0 Å². The first-order valence-corrected chi connectivity index (χ1v) is 10.2. The molecule has 0 aliphatic carbocycles. The third-order valence-electron chi connectivity index (χ3n) is 3.22. The highest BCUT2D eigenvalue weighted by atomic mass is 32.2. The van der Waals surface area contributed by atoms with Crippen LogP contribution >= 0.6 is 23.5 Å². The normalized spacial score (nSPS) is 10.9. The zero-order valence-corrected chi connectivity index (χ0v) is 16.4. The second-order valence-corrected chi connectivity index (χ2v) is 7.29. The molecule has 2 heterocycles. The Hall–Kier alpha value is -2.98. The fourth-order valence-electron chi connectivity index (χ4n) is 2.04. The summed E-state index contributed by atoms with van der Waals surface area (Å²) >= 11 is 2.84. The first kappa shape index (κ1) is 19.8. The third kappa shape index (κ3) is 6.03. The topological polar surface area (TPSA) is 108 Å². The molecule has 0 atom stereocenters. The van der Waals surface area contributed by atoms with Crippen molar-refractivity contribution in [3.8, 4) is 0 Å². The monoisotopic (exact) mass is 414 g/mol. The number of carbonyl (C=O) groups excluding carboxylic acids is 1. The Morgan fingerprint density at radius 2 is 2.18 bits per heavy atom. The minimum absolute atomic E-state index is 0.133. The van der Waals surface area contributed by atoms with Gasteiger partial charge in [-0.1, -0.05) is 30.0 Å². The number of amides is 1. The van der Waals surface area contributed by atoms with Gasteiger partial charge in [0, 0.05) is 10.6 Å². The SMILES string of the molecule is C=CCSc1ccccc1NC(=O)CSc1n[nH]c(N/N=C/c2ccco2)n1. The van der Waals surface area contributed by atoms with Crippen LogP contribution in [0.2, 0.25) is 0 Å². The Morgan fingerprint density at radius 3 is 3.00 bits per heavy atom. The van der Waals surface area contributed by atoms with Gasteiger partial charge in [-0.3, -0.25) is 4.79 Å². The number of anilines is 2. The fourth-order valence-corrected chi connectivity index (χ4v) is 3.39. The highest BCUT2D eigenvalue weighted by Crippen LogP contribution is 2.27. The summed E-state index contributed by atoms with van der Waals surface area (Å²) in [7, 11) is 0. The zero-order valence-electron chi connectivity index (χ0n) is 14.8. The first-order valence-electron chi connectivity index (χ1n) is 8.25. The van der Waals surface area contributed by atoms with Crippen molar-refractivity contribution < 1.29 is 9.21 Å². The molecule has 3 aromatic rings. The maximum Gasteiger partial charge on any atom is 0.240 e. The van der Waals surface area contributed by atoms with Gasteiger partial charge < -0.3 is 9.73 Å². The smallest absolute Gasteiger partial charge is 0.240 e. The summed E-state index contributed by atoms with van der Waals surface area (Å²) in [4.78, 5) is 17.5. The van der Waals surface area contributed by atoms with E-state index in [0.29, 0.717) is 16.9 Å². The summed E-state index contributed by atoms with van der Waals surface area (Å²) in [6.45, 7) is 3.72. The molecule has 0 radical (unpaired) electrons. The van der Waals surface area contributed by atoms with Crippen molar-refractivity contribution in [1.29, 1.82) is 0 Å². The summed E-state index contributed by atoms with van der Waals surface area (Å²) in [6, 6.07) is 11.2. The molecule has 0 fully saturated rings. The van der Waals surface area contributed by atoms with E-state index in [2.05, 4.69) is 37.6 Å². The lowest BCUT2D eigenvalue weighted by atomic mass is 10.3. The van der Waals surface area contributed by atoms with Gasteiger partial charge in [-0.2, -0.15) is 10.1 Å². The van der Waals surface area contributed by atoms with E-state index in [1.165, 1.54) is 18.0 Å². The van der Waals surface area contributed by atoms with E-state index in [1.54, 1.807) is 30.2 Å². The summed E-state index contributed by atoms with van der Waals surface area (Å²) in [5.41, 5.74) is 3.50. The molecule has 0 spiro atoms. The molecule has 8 nitrogen and oxygen atoms in total. The standard InChI is InChI=1S/C18H18N6O2S2/c1-2-10-27-15-8-4-3-7-14(15)20-16(25)12-28-18-21-17(23-24-18)22-19-11-13-6-5-9-26-13/h2-9,11H,1,10,12H2,(H,20,25)(H2,21,22,23,24)/b19-11+. The number of furan rings is 1. The van der Waals surface area contributed by atoms with Gasteiger partial charge in [-0.25, -0.2) is 10.5 Å². The van der Waals surface area contributed by atoms with Gasteiger partial charge in [0.25, 0.3) is 0 Å². The number of thioether (sulfide) groups is 2. The average molecular weight is 415 g/mol. The molecule has 1 amide bonds. The van der Waals surface area contributed by atoms with Gasteiger partial charge in [0.1, 0.15) is 5.76 Å². The van der Waals surface area contributed by atoms with Crippen molar-refractivity contribution >= 4 is 47.3 Å². The molecule has 0 saturated heterocycles. The van der Waals surface area contributed by atoms with Crippen LogP contribution in [0.1, 0.15) is 5.76 Å². The number of para-hydroxylation sites is 1. The van der Waals surface area contributed by atoms with E-state index in [-0.39, 0.29) is 11.7 Å². The number of aromatic amines is 1. The summed E-state index contributed by atoms with van der Waals surface area (Å²) in [5, 5.41) is 14.1. The van der Waals surface area contributed by atoms with E-state index < -0.39 is 0 Å². The van der Waals surface area contributed by atoms with Crippen LogP contribution in [-0.4, -0.2) is 38.8 Å². The second kappa shape index (κ2) is 10.4. The molecule has 3 rings (SSSR count). The molecule has 144 valence electrons. The van der Waals surface area contributed by atoms with Crippen molar-refractivity contribution in [2.24, 2.45) is 5.10 Å². The molecule has 0 bridgehead atoms. The van der Waals surface area contributed by atoms with Gasteiger partial charge in [0.15, 0.2) is 0 Å². The average Bonchev–Trinajstić information content (AvgIpc) is 3.38. The lowest BCUT2D eigenvalue weighted by Crippen LogP contribution is -2.14. The molecule has 0 saturated carbocycles. The number of nitrogens with zero attached hydrogens (tertiary/aromatic N) is 3. The predicted octanol–water partition coefficient (Wildman–Crippen LogP) is 3.85. The van der Waals surface area contributed by atoms with Crippen LogP contribution in [0.3, 0.4) is 0 Å². The van der Waals surface area contributed by atoms with Crippen LogP contribution in [-0.2, 0) is 4.79 Å². The second-order valence-electron chi connectivity index (χ2n) is 5.28. The molecule has 0 unspecified atom stereocenters. The first-order chi connectivity index (χ1) is 13.7. The molecule has 1 aromatic carbocycles. The van der Waals surface area contributed by atoms with Gasteiger partial charge >= 0.3 is 0 Å². The highest BCUT2D eigenvalue weighted by molar-refractivity contribution is 8.00. The fraction of sp³-hybridized carbons (Fsp3) is 0.111. The largest absolute Gasteiger partial charge is 0.463 e. The van der Waals surface area contributed by atoms with Gasteiger partial charge in [0.05, 0.1) is 23.9 Å². The zero-order chi connectivity index (χ0) is 19.6. The van der Waals surface area contributed by atoms with Crippen molar-refractivity contribution in [2.45, 2.75) is 10.1 Å². The van der Waals surface area contributed by atoms with Crippen molar-refractivity contribution in [2.75, 3.05) is 22.2 Å². The summed E-state index contributed by atoms with van der Waals surface area (Å²) in [6.07, 6.45) is 4.91. The van der Waals surface area contributed by atoms with Crippen LogP contribution in [0.4, 0.5) is 11.6 Å². The highest BCUT2D eigenvalue weighted by Gasteiger charge is 2.10. The molecule has 28 heavy (non-hydrogen) atoms. The third-order valence-corrected chi connectivity index (χ3v) is 5.14. The van der Waals surface area contributed by atoms with Crippen molar-refractivity contribution in [3.05, 3.63) is 61.1 Å². The number of hydrogen-bond acceptors (Lipinski definition) is 8. The lowest BCUT2D eigenvalue weighted by molar-refractivity contribution is -0.113. The van der Waals surface area contributed by atoms with E-state index >= 15 is 0 Å². The van der Waals surface area contributed by atoms with E-state index in [1.807, 2.05) is 30.3 Å². The molecular weight excluding hydrogens is 396 g/mol. The molecule has 10 heteroatoms. The predicted molar refractivity (Wildman–Crippen MR) is 113 cm³/mol. The van der Waals surface area contributed by atoms with Crippen LogP contribution in [0.15, 0.2) is 74.9 Å². The molecule has 0 aliphatic heterocycles. The quantitative estimate of drug-likeness (QED) is 0.200. The van der Waals surface area contributed by atoms with E-state index in [4.69, 9.17) is 4.42 Å². The Bertz CT molecular complexity index is 939. The summed E-state index contributed by atoms with van der Waals surface area (Å²) in [5.74, 6) is 1.82. The Balaban J connectivity index is 1.47. The van der Waals surface area contributed by atoms with E-state index in [0.717, 1.165) is 16.3 Å². The van der Waals surface area contributed by atoms with Gasteiger partial charge in [-0.15, -0.1) is 23.4 Å². The van der Waals surface area contributed by atoms with Gasteiger partial charge in [-0.05, 0) is 24.3 Å². The van der Waals surface area contributed by atoms with E-state index in [9.17, 15) is 4.79 Å². The Morgan fingerprint density at radius 1 is 1.29 bits per heavy atom. The number of carbonyl (C=O) groups is 1. The van der Waals surface area contributed by atoms with Crippen LogP contribution in [0.5, 0.6) is 0 Å². The number of rotatable bonds is 10. The minimum atomic E-state index is -0.133. The maximum absolute atomic E-state index is 12.2. The Labute approximate surface area is 170 Å². The van der Waals surface area contributed by atoms with Crippen LogP contribution < -0.4 is 10.7 Å². The number of hydrogen-bond donors (Lipinski definition) is 3. The molecule has 3 N–H and O–H groups in total. The van der Waals surface area contributed by atoms with Crippen LogP contribution in [0.25, 0.3) is 0 Å². The summed E-state index contributed by atoms with van der Waals surface area (Å²) < 4.78 is 5.13. The molecule has 0 aliphatic rings. The lowest BCUT2D eigenvalue weighted by Gasteiger charge is -2.09. The van der Waals surface area contributed by atoms with Crippen molar-refractivity contribution in [1.82, 2.24) is 15.2 Å². The van der Waals surface area contributed by atoms with Crippen LogP contribution in [0, 0.1) is 0 Å². The Kier molecular flexibility index (Phi) is 7.33. The number of aromatic nitrogens is 3. The molecular formula is C18H18N6O2S2. The minimum Gasteiger partial charge on any atom is -0.463 e. The number of hydrazone groups is 1. The number of benzene rings is 1. The number of nitrogens with one attached hydrogen (secondary N) is 3. The maximum atomic E-state index is 12.2. The van der Waals surface area contributed by atoms with Gasteiger partial charge in [0.2, 0.25) is 17.0 Å². The molecule has 2 aromatic heterocycles. The number of H-pyrrole nitrogens is 1.